The Morgan fingerprint density at radius 2 is 1.63 bits per heavy atom. The number of hydrogen-bond donors (Lipinski definition) is 1. The van der Waals surface area contributed by atoms with Crippen LogP contribution in [0.15, 0.2) is 12.1 Å². The quantitative estimate of drug-likeness (QED) is 0.903. The first kappa shape index (κ1) is 14.2. The van der Waals surface area contributed by atoms with Gasteiger partial charge in [-0.2, -0.15) is 0 Å². The predicted molar refractivity (Wildman–Crippen MR) is 78.0 cm³/mol. The molecule has 0 radical (unpaired) electrons. The summed E-state index contributed by atoms with van der Waals surface area (Å²) in [5.41, 5.74) is 8.58. The molecule has 106 valence electrons. The van der Waals surface area contributed by atoms with Gasteiger partial charge in [-0.15, -0.1) is 0 Å². The molecule has 1 aromatic rings. The van der Waals surface area contributed by atoms with Crippen LogP contribution in [0.4, 0.5) is 0 Å². The van der Waals surface area contributed by atoms with Crippen LogP contribution < -0.4 is 15.2 Å². The molecule has 1 aliphatic carbocycles. The van der Waals surface area contributed by atoms with Crippen LogP contribution in [-0.4, -0.2) is 14.2 Å². The molecule has 2 N–H and O–H groups in total. The fraction of sp³-hybridized carbons (Fsp3) is 0.625. The van der Waals surface area contributed by atoms with Crippen molar-refractivity contribution in [2.75, 3.05) is 14.2 Å². The molecule has 0 amide bonds. The van der Waals surface area contributed by atoms with Gasteiger partial charge >= 0.3 is 0 Å². The number of methoxy groups -OCH3 is 2. The van der Waals surface area contributed by atoms with Gasteiger partial charge < -0.3 is 15.2 Å². The van der Waals surface area contributed by atoms with Crippen LogP contribution in [0.3, 0.4) is 0 Å². The second-order valence-corrected chi connectivity index (χ2v) is 5.81. The van der Waals surface area contributed by atoms with Crippen molar-refractivity contribution >= 4 is 0 Å². The molecule has 0 spiro atoms. The largest absolute Gasteiger partial charge is 0.496 e. The minimum atomic E-state index is -0.256. The van der Waals surface area contributed by atoms with Gasteiger partial charge in [-0.1, -0.05) is 26.7 Å². The zero-order valence-corrected chi connectivity index (χ0v) is 12.5. The van der Waals surface area contributed by atoms with Crippen LogP contribution in [0.1, 0.15) is 56.6 Å². The van der Waals surface area contributed by atoms with E-state index in [-0.39, 0.29) is 5.54 Å². The zero-order chi connectivity index (χ0) is 14.0. The molecular formula is C16H25NO2. The molecule has 0 aliphatic heterocycles. The molecule has 0 saturated heterocycles. The summed E-state index contributed by atoms with van der Waals surface area (Å²) in [7, 11) is 3.43. The Labute approximate surface area is 116 Å². The lowest BCUT2D eigenvalue weighted by atomic mass is 9.86. The van der Waals surface area contributed by atoms with E-state index < -0.39 is 0 Å². The van der Waals surface area contributed by atoms with Crippen LogP contribution in [0.2, 0.25) is 0 Å². The summed E-state index contributed by atoms with van der Waals surface area (Å²) in [6.45, 7) is 4.31. The number of ether oxygens (including phenoxy) is 2. The fourth-order valence-corrected chi connectivity index (χ4v) is 3.04. The van der Waals surface area contributed by atoms with Crippen molar-refractivity contribution in [3.8, 4) is 11.5 Å². The smallest absolute Gasteiger partial charge is 0.124 e. The second kappa shape index (κ2) is 5.41. The molecule has 1 saturated carbocycles. The first-order valence-corrected chi connectivity index (χ1v) is 7.07. The highest BCUT2D eigenvalue weighted by atomic mass is 16.5. The highest BCUT2D eigenvalue weighted by molar-refractivity contribution is 5.51. The maximum Gasteiger partial charge on any atom is 0.124 e. The van der Waals surface area contributed by atoms with E-state index in [1.54, 1.807) is 14.2 Å². The van der Waals surface area contributed by atoms with E-state index in [0.717, 1.165) is 29.9 Å². The molecule has 0 bridgehead atoms. The average Bonchev–Trinajstić information content (AvgIpc) is 2.85. The minimum Gasteiger partial charge on any atom is -0.496 e. The van der Waals surface area contributed by atoms with Gasteiger partial charge in [-0.3, -0.25) is 0 Å². The Morgan fingerprint density at radius 3 is 2.11 bits per heavy atom. The molecule has 1 aliphatic rings. The molecule has 0 unspecified atom stereocenters. The average molecular weight is 263 g/mol. The van der Waals surface area contributed by atoms with Gasteiger partial charge in [0.05, 0.1) is 14.2 Å². The lowest BCUT2D eigenvalue weighted by Gasteiger charge is -2.28. The van der Waals surface area contributed by atoms with E-state index in [1.165, 1.54) is 18.4 Å². The summed E-state index contributed by atoms with van der Waals surface area (Å²) in [5.74, 6) is 2.21. The van der Waals surface area contributed by atoms with Crippen molar-refractivity contribution in [1.82, 2.24) is 0 Å². The fourth-order valence-electron chi connectivity index (χ4n) is 3.04. The minimum absolute atomic E-state index is 0.256. The predicted octanol–water partition coefficient (Wildman–Crippen LogP) is 3.56. The molecule has 2 rings (SSSR count). The van der Waals surface area contributed by atoms with Crippen LogP contribution in [0.5, 0.6) is 11.5 Å². The summed E-state index contributed by atoms with van der Waals surface area (Å²) < 4.78 is 11.1. The van der Waals surface area contributed by atoms with Crippen LogP contribution >= 0.6 is 0 Å². The third-order valence-electron chi connectivity index (χ3n) is 4.21. The van der Waals surface area contributed by atoms with Crippen LogP contribution in [-0.2, 0) is 5.54 Å². The molecule has 0 aromatic heterocycles. The molecular weight excluding hydrogens is 238 g/mol. The number of hydrogen-bond acceptors (Lipinski definition) is 3. The maximum absolute atomic E-state index is 6.57. The summed E-state index contributed by atoms with van der Waals surface area (Å²) in [6, 6.07) is 4.17. The zero-order valence-electron chi connectivity index (χ0n) is 12.5. The van der Waals surface area contributed by atoms with Gasteiger partial charge in [-0.25, -0.2) is 0 Å². The number of benzene rings is 1. The Hall–Kier alpha value is -1.22. The number of nitrogens with two attached hydrogens (primary N) is 1. The number of rotatable bonds is 4. The first-order chi connectivity index (χ1) is 9.01. The van der Waals surface area contributed by atoms with E-state index in [2.05, 4.69) is 26.0 Å². The van der Waals surface area contributed by atoms with Gasteiger partial charge in [0.15, 0.2) is 0 Å². The lowest BCUT2D eigenvalue weighted by Crippen LogP contribution is -2.33. The van der Waals surface area contributed by atoms with Gasteiger partial charge in [0.1, 0.15) is 11.5 Å². The van der Waals surface area contributed by atoms with E-state index in [0.29, 0.717) is 5.92 Å². The van der Waals surface area contributed by atoms with Crippen molar-refractivity contribution in [1.29, 1.82) is 0 Å². The van der Waals surface area contributed by atoms with E-state index in [9.17, 15) is 0 Å². The topological polar surface area (TPSA) is 44.5 Å². The van der Waals surface area contributed by atoms with E-state index >= 15 is 0 Å². The van der Waals surface area contributed by atoms with Crippen LogP contribution in [0, 0.1) is 0 Å². The molecule has 1 aromatic carbocycles. The molecule has 3 nitrogen and oxygen atoms in total. The van der Waals surface area contributed by atoms with Crippen molar-refractivity contribution < 1.29 is 9.47 Å². The Kier molecular flexibility index (Phi) is 4.04. The molecule has 0 atom stereocenters. The van der Waals surface area contributed by atoms with Gasteiger partial charge in [0.2, 0.25) is 0 Å². The first-order valence-electron chi connectivity index (χ1n) is 7.07. The maximum atomic E-state index is 6.57. The summed E-state index contributed by atoms with van der Waals surface area (Å²) >= 11 is 0. The SMILES string of the molecule is COc1cc(C2(N)CCCC2)c(OC)cc1C(C)C. The van der Waals surface area contributed by atoms with Gasteiger partial charge in [0, 0.05) is 16.7 Å². The Bertz CT molecular complexity index is 448. The third kappa shape index (κ3) is 2.57. The lowest BCUT2D eigenvalue weighted by molar-refractivity contribution is 0.368. The van der Waals surface area contributed by atoms with Crippen LogP contribution in [0.25, 0.3) is 0 Å². The van der Waals surface area contributed by atoms with E-state index in [4.69, 9.17) is 15.2 Å². The Morgan fingerprint density at radius 1 is 1.05 bits per heavy atom. The monoisotopic (exact) mass is 263 g/mol. The second-order valence-electron chi connectivity index (χ2n) is 5.81. The van der Waals surface area contributed by atoms with Crippen molar-refractivity contribution in [3.63, 3.8) is 0 Å². The highest BCUT2D eigenvalue weighted by Gasteiger charge is 2.34. The highest BCUT2D eigenvalue weighted by Crippen LogP contribution is 2.44. The van der Waals surface area contributed by atoms with Crippen molar-refractivity contribution in [2.45, 2.75) is 51.0 Å². The molecule has 19 heavy (non-hydrogen) atoms. The third-order valence-corrected chi connectivity index (χ3v) is 4.21. The van der Waals surface area contributed by atoms with Gasteiger partial charge in [0.25, 0.3) is 0 Å². The van der Waals surface area contributed by atoms with Gasteiger partial charge in [-0.05, 0) is 30.9 Å². The summed E-state index contributed by atoms with van der Waals surface area (Å²) in [4.78, 5) is 0. The molecule has 0 heterocycles. The molecule has 1 fully saturated rings. The van der Waals surface area contributed by atoms with Crippen molar-refractivity contribution in [3.05, 3.63) is 23.3 Å². The normalized spacial score (nSPS) is 17.8. The summed E-state index contributed by atoms with van der Waals surface area (Å²) in [6.07, 6.45) is 4.42. The standard InChI is InChI=1S/C16H25NO2/c1-11(2)12-9-15(19-4)13(10-14(12)18-3)16(17)7-5-6-8-16/h9-11H,5-8,17H2,1-4H3. The summed E-state index contributed by atoms with van der Waals surface area (Å²) in [5, 5.41) is 0. The Balaban J connectivity index is 2.54. The molecule has 3 heteroatoms. The van der Waals surface area contributed by atoms with E-state index in [1.807, 2.05) is 0 Å². The van der Waals surface area contributed by atoms with Crippen molar-refractivity contribution in [2.24, 2.45) is 5.73 Å².